The first-order valence-electron chi connectivity index (χ1n) is 21.6. The second kappa shape index (κ2) is 16.5. The molecule has 0 N–H and O–H groups in total. The molecule has 0 saturated carbocycles. The molecule has 63 heavy (non-hydrogen) atoms. The largest absolute Gasteiger partial charge is 0.453 e. The van der Waals surface area contributed by atoms with Gasteiger partial charge in [-0.3, -0.25) is 0 Å². The lowest BCUT2D eigenvalue weighted by Crippen LogP contribution is -2.74. The van der Waals surface area contributed by atoms with Crippen LogP contribution >= 0.6 is 0 Å². The van der Waals surface area contributed by atoms with Gasteiger partial charge in [-0.15, -0.1) is 0 Å². The van der Waals surface area contributed by atoms with Crippen molar-refractivity contribution in [2.75, 3.05) is 4.90 Å². The van der Waals surface area contributed by atoms with E-state index in [1.165, 1.54) is 31.9 Å². The molecule has 0 fully saturated rings. The maximum Gasteiger partial charge on any atom is 0.179 e. The molecule has 0 radical (unpaired) electrons. The first kappa shape index (κ1) is 38.0. The SMILES string of the molecule is c1ccc(-c2ccc(N(c3ccc([Si](c4ccccc4)(c4ccccc4)c4ccccc4)cc3)c3ccc(-c4ccccc4)c4c3oc3c(-c5ccccc5)cccc34)cc2)cc1. The van der Waals surface area contributed by atoms with Crippen molar-refractivity contribution in [3.8, 4) is 33.4 Å². The number of benzene rings is 10. The van der Waals surface area contributed by atoms with E-state index in [4.69, 9.17) is 4.42 Å². The smallest absolute Gasteiger partial charge is 0.179 e. The molecule has 10 aromatic carbocycles. The number of para-hydroxylation sites is 1. The van der Waals surface area contributed by atoms with E-state index >= 15 is 0 Å². The van der Waals surface area contributed by atoms with Gasteiger partial charge in [0.1, 0.15) is 5.58 Å². The van der Waals surface area contributed by atoms with Gasteiger partial charge in [0.15, 0.2) is 13.7 Å². The van der Waals surface area contributed by atoms with Gasteiger partial charge < -0.3 is 9.32 Å². The van der Waals surface area contributed by atoms with Crippen LogP contribution in [0.2, 0.25) is 0 Å². The lowest BCUT2D eigenvalue weighted by molar-refractivity contribution is 0.670. The second-order valence-corrected chi connectivity index (χ2v) is 19.8. The molecule has 0 aliphatic rings. The van der Waals surface area contributed by atoms with E-state index in [1.807, 2.05) is 0 Å². The molecule has 3 heteroatoms. The van der Waals surface area contributed by atoms with Crippen molar-refractivity contribution in [3.63, 3.8) is 0 Å². The highest BCUT2D eigenvalue weighted by Gasteiger charge is 2.41. The standard InChI is InChI=1S/C60H43NOSi/c1-7-20-44(21-8-1)45-34-36-48(37-35-45)61(49-38-40-53(41-39-49)63(50-26-13-4-14-27-50,51-28-15-5-16-29-51)52-30-17-6-18-31-52)57-43-42-54(46-22-9-2-10-23-46)58-56-33-19-32-55(59(56)62-60(57)58)47-24-11-3-12-25-47/h1-43H. The molecule has 1 aromatic heterocycles. The zero-order valence-corrected chi connectivity index (χ0v) is 35.7. The van der Waals surface area contributed by atoms with E-state index in [0.29, 0.717) is 0 Å². The first-order valence-corrected chi connectivity index (χ1v) is 23.6. The maximum atomic E-state index is 7.26. The fraction of sp³-hybridized carbons (Fsp3) is 0. The van der Waals surface area contributed by atoms with Crippen LogP contribution < -0.4 is 25.6 Å². The van der Waals surface area contributed by atoms with E-state index < -0.39 is 8.07 Å². The lowest BCUT2D eigenvalue weighted by Gasteiger charge is -2.35. The monoisotopic (exact) mass is 821 g/mol. The molecule has 0 aliphatic carbocycles. The number of fused-ring (bicyclic) bond motifs is 3. The Morgan fingerprint density at radius 3 is 1.21 bits per heavy atom. The van der Waals surface area contributed by atoms with E-state index in [-0.39, 0.29) is 0 Å². The molecule has 298 valence electrons. The van der Waals surface area contributed by atoms with Gasteiger partial charge >= 0.3 is 0 Å². The highest BCUT2D eigenvalue weighted by Crippen LogP contribution is 2.47. The fourth-order valence-corrected chi connectivity index (χ4v) is 14.3. The minimum Gasteiger partial charge on any atom is -0.453 e. The molecule has 0 unspecified atom stereocenters. The third-order valence-electron chi connectivity index (χ3n) is 12.4. The summed E-state index contributed by atoms with van der Waals surface area (Å²) in [4.78, 5) is 2.37. The van der Waals surface area contributed by atoms with Gasteiger partial charge in [-0.05, 0) is 78.9 Å². The van der Waals surface area contributed by atoms with E-state index in [0.717, 1.165) is 61.3 Å². The van der Waals surface area contributed by atoms with Crippen LogP contribution in [-0.2, 0) is 0 Å². The van der Waals surface area contributed by atoms with Crippen molar-refractivity contribution in [2.24, 2.45) is 0 Å². The summed E-state index contributed by atoms with van der Waals surface area (Å²) >= 11 is 0. The lowest BCUT2D eigenvalue weighted by atomic mass is 9.96. The highest BCUT2D eigenvalue weighted by atomic mass is 28.3. The molecule has 0 spiro atoms. The van der Waals surface area contributed by atoms with Crippen LogP contribution in [0.1, 0.15) is 0 Å². The predicted octanol–water partition coefficient (Wildman–Crippen LogP) is 13.4. The molecule has 1 heterocycles. The molecule has 0 atom stereocenters. The fourth-order valence-electron chi connectivity index (χ4n) is 9.55. The van der Waals surface area contributed by atoms with Crippen molar-refractivity contribution < 1.29 is 4.42 Å². The molecular weight excluding hydrogens is 779 g/mol. The molecule has 2 nitrogen and oxygen atoms in total. The summed E-state index contributed by atoms with van der Waals surface area (Å²) in [6.07, 6.45) is 0. The Labute approximate surface area is 369 Å². The van der Waals surface area contributed by atoms with Gasteiger partial charge in [0.05, 0.1) is 5.69 Å². The minimum atomic E-state index is -2.75. The van der Waals surface area contributed by atoms with Crippen LogP contribution in [0.3, 0.4) is 0 Å². The number of nitrogens with zero attached hydrogens (tertiary/aromatic N) is 1. The van der Waals surface area contributed by atoms with Crippen LogP contribution in [0.25, 0.3) is 55.3 Å². The maximum absolute atomic E-state index is 7.26. The minimum absolute atomic E-state index is 0.840. The van der Waals surface area contributed by atoms with Crippen molar-refractivity contribution in [1.29, 1.82) is 0 Å². The Morgan fingerprint density at radius 2 is 0.698 bits per heavy atom. The molecular formula is C60H43NOSi. The summed E-state index contributed by atoms with van der Waals surface area (Å²) in [5, 5.41) is 7.54. The number of rotatable bonds is 10. The van der Waals surface area contributed by atoms with Gasteiger partial charge in [0, 0.05) is 27.7 Å². The Kier molecular flexibility index (Phi) is 9.93. The zero-order valence-electron chi connectivity index (χ0n) is 34.7. The van der Waals surface area contributed by atoms with Crippen LogP contribution in [0.15, 0.2) is 265 Å². The van der Waals surface area contributed by atoms with Crippen molar-refractivity contribution >= 4 is 67.8 Å². The molecule has 11 aromatic rings. The molecule has 11 rings (SSSR count). The van der Waals surface area contributed by atoms with Crippen LogP contribution in [0.4, 0.5) is 17.1 Å². The van der Waals surface area contributed by atoms with E-state index in [1.54, 1.807) is 0 Å². The van der Waals surface area contributed by atoms with Gasteiger partial charge in [0.25, 0.3) is 0 Å². The average Bonchev–Trinajstić information content (AvgIpc) is 3.77. The number of hydrogen-bond acceptors (Lipinski definition) is 2. The number of furan rings is 1. The van der Waals surface area contributed by atoms with Gasteiger partial charge in [-0.1, -0.05) is 231 Å². The average molecular weight is 822 g/mol. The summed E-state index contributed by atoms with van der Waals surface area (Å²) in [5.41, 5.74) is 11.6. The molecule has 0 aliphatic heterocycles. The van der Waals surface area contributed by atoms with Crippen LogP contribution in [0, 0.1) is 0 Å². The normalized spacial score (nSPS) is 11.5. The predicted molar refractivity (Wildman–Crippen MR) is 268 cm³/mol. The first-order chi connectivity index (χ1) is 31.3. The Hall–Kier alpha value is -7.98. The Morgan fingerprint density at radius 1 is 0.286 bits per heavy atom. The quantitative estimate of drug-likeness (QED) is 0.101. The third kappa shape index (κ3) is 6.76. The molecule has 0 amide bonds. The second-order valence-electron chi connectivity index (χ2n) is 16.0. The van der Waals surface area contributed by atoms with Crippen LogP contribution in [0.5, 0.6) is 0 Å². The molecule has 0 saturated heterocycles. The summed E-state index contributed by atoms with van der Waals surface area (Å²) in [7, 11) is -2.75. The summed E-state index contributed by atoms with van der Waals surface area (Å²) in [5.74, 6) is 0. The summed E-state index contributed by atoms with van der Waals surface area (Å²) in [6, 6.07) is 94.5. The Balaban J connectivity index is 1.16. The molecule has 0 bridgehead atoms. The van der Waals surface area contributed by atoms with Crippen molar-refractivity contribution in [3.05, 3.63) is 261 Å². The third-order valence-corrected chi connectivity index (χ3v) is 17.2. The van der Waals surface area contributed by atoms with Crippen molar-refractivity contribution in [1.82, 2.24) is 0 Å². The summed E-state index contributed by atoms with van der Waals surface area (Å²) in [6.45, 7) is 0. The zero-order chi connectivity index (χ0) is 42.0. The van der Waals surface area contributed by atoms with Crippen LogP contribution in [-0.4, -0.2) is 8.07 Å². The summed E-state index contributed by atoms with van der Waals surface area (Å²) < 4.78 is 7.26. The van der Waals surface area contributed by atoms with E-state index in [2.05, 4.69) is 266 Å². The van der Waals surface area contributed by atoms with E-state index in [9.17, 15) is 0 Å². The Bertz CT molecular complexity index is 3180. The van der Waals surface area contributed by atoms with Gasteiger partial charge in [-0.2, -0.15) is 0 Å². The van der Waals surface area contributed by atoms with Gasteiger partial charge in [0.2, 0.25) is 0 Å². The van der Waals surface area contributed by atoms with Gasteiger partial charge in [-0.25, -0.2) is 0 Å². The van der Waals surface area contributed by atoms with Crippen molar-refractivity contribution in [2.45, 2.75) is 0 Å². The topological polar surface area (TPSA) is 16.4 Å². The number of anilines is 3. The number of hydrogen-bond donors (Lipinski definition) is 0. The highest BCUT2D eigenvalue weighted by molar-refractivity contribution is 7.19.